The van der Waals surface area contributed by atoms with Gasteiger partial charge in [-0.15, -0.1) is 0 Å². The van der Waals surface area contributed by atoms with Crippen molar-refractivity contribution >= 4 is 29.2 Å². The van der Waals surface area contributed by atoms with E-state index < -0.39 is 5.79 Å². The number of rotatable bonds is 9. The Bertz CT molecular complexity index is 1030. The van der Waals surface area contributed by atoms with Crippen LogP contribution in [-0.2, 0) is 20.1 Å². The molecule has 0 radical (unpaired) electrons. The minimum absolute atomic E-state index is 0.261. The van der Waals surface area contributed by atoms with Gasteiger partial charge in [0.2, 0.25) is 0 Å². The lowest BCUT2D eigenvalue weighted by atomic mass is 10.1. The molecule has 1 amide bonds. The van der Waals surface area contributed by atoms with Crippen molar-refractivity contribution in [3.63, 3.8) is 0 Å². The molecule has 0 unspecified atom stereocenters. The van der Waals surface area contributed by atoms with Gasteiger partial charge in [-0.2, -0.15) is 5.26 Å². The van der Waals surface area contributed by atoms with E-state index in [4.69, 9.17) is 9.47 Å². The molecule has 0 N–H and O–H groups in total. The number of benzene rings is 2. The van der Waals surface area contributed by atoms with Gasteiger partial charge < -0.3 is 9.47 Å². The number of carbonyl (C=O) groups excluding carboxylic acids is 1. The average molecular weight is 466 g/mol. The Kier molecular flexibility index (Phi) is 7.71. The molecule has 2 heterocycles. The summed E-state index contributed by atoms with van der Waals surface area (Å²) in [5.41, 5.74) is 2.63. The molecule has 2 aliphatic heterocycles. The lowest BCUT2D eigenvalue weighted by molar-refractivity contribution is -0.256. The summed E-state index contributed by atoms with van der Waals surface area (Å²) in [4.78, 5) is 16.4. The van der Waals surface area contributed by atoms with E-state index in [-0.39, 0.29) is 5.91 Å². The third-order valence-corrected chi connectivity index (χ3v) is 6.99. The van der Waals surface area contributed by atoms with Gasteiger partial charge in [-0.3, -0.25) is 9.69 Å². The van der Waals surface area contributed by atoms with Crippen molar-refractivity contribution in [2.75, 3.05) is 31.2 Å². The van der Waals surface area contributed by atoms with Crippen LogP contribution < -0.4 is 4.90 Å². The molecule has 0 saturated carbocycles. The Morgan fingerprint density at radius 3 is 2.64 bits per heavy atom. The number of nitrogens with zero attached hydrogens (tertiary/aromatic N) is 3. The number of ether oxygens (including phenoxy) is 2. The van der Waals surface area contributed by atoms with E-state index in [1.807, 2.05) is 18.2 Å². The minimum Gasteiger partial charge on any atom is -0.338 e. The normalized spacial score (nSPS) is 16.9. The van der Waals surface area contributed by atoms with Crippen LogP contribution in [0, 0.1) is 11.3 Å². The van der Waals surface area contributed by atoms with Gasteiger partial charge in [-0.1, -0.05) is 32.8 Å². The lowest BCUT2D eigenvalue weighted by Gasteiger charge is -2.32. The van der Waals surface area contributed by atoms with Crippen LogP contribution in [0.3, 0.4) is 0 Å². The zero-order valence-corrected chi connectivity index (χ0v) is 20.2. The molecule has 7 heteroatoms. The van der Waals surface area contributed by atoms with E-state index in [0.717, 1.165) is 42.1 Å². The summed E-state index contributed by atoms with van der Waals surface area (Å²) in [6.45, 7) is 7.39. The number of hydrogen-bond donors (Lipinski definition) is 0. The maximum absolute atomic E-state index is 13.7. The van der Waals surface area contributed by atoms with Gasteiger partial charge in [0.05, 0.1) is 36.2 Å². The van der Waals surface area contributed by atoms with E-state index in [1.54, 1.807) is 35.0 Å². The van der Waals surface area contributed by atoms with Crippen molar-refractivity contribution in [1.82, 2.24) is 4.31 Å². The molecule has 2 aromatic carbocycles. The average Bonchev–Trinajstić information content (AvgIpc) is 3.07. The first-order valence-electron chi connectivity index (χ1n) is 11.8. The summed E-state index contributed by atoms with van der Waals surface area (Å²) in [5, 5.41) is 9.34. The first-order chi connectivity index (χ1) is 16.1. The van der Waals surface area contributed by atoms with Gasteiger partial charge in [0, 0.05) is 23.5 Å². The topological polar surface area (TPSA) is 65.8 Å². The van der Waals surface area contributed by atoms with Crippen LogP contribution in [0.25, 0.3) is 0 Å². The molecule has 0 atom stereocenters. The summed E-state index contributed by atoms with van der Waals surface area (Å²) in [7, 11) is 0. The van der Waals surface area contributed by atoms with Crippen molar-refractivity contribution in [3.8, 4) is 6.07 Å². The number of hydrogen-bond acceptors (Lipinski definition) is 6. The lowest BCUT2D eigenvalue weighted by Crippen LogP contribution is -2.46. The maximum atomic E-state index is 13.7. The molecule has 0 bridgehead atoms. The van der Waals surface area contributed by atoms with Crippen LogP contribution >= 0.6 is 11.9 Å². The van der Waals surface area contributed by atoms with Gasteiger partial charge in [0.1, 0.15) is 0 Å². The van der Waals surface area contributed by atoms with Crippen LogP contribution in [0.5, 0.6) is 0 Å². The summed E-state index contributed by atoms with van der Waals surface area (Å²) >= 11 is 1.73. The minimum atomic E-state index is -1.43. The molecular formula is C26H31N3O3S. The molecule has 1 spiro atoms. The van der Waals surface area contributed by atoms with Crippen molar-refractivity contribution in [2.24, 2.45) is 0 Å². The van der Waals surface area contributed by atoms with Gasteiger partial charge in [0.15, 0.2) is 0 Å². The maximum Gasteiger partial charge on any atom is 0.297 e. The van der Waals surface area contributed by atoms with Gasteiger partial charge in [0.25, 0.3) is 11.7 Å². The standard InChI is InChI=1S/C26H31N3O3S/c1-3-5-6-14-28(13-4-2)33-22-11-12-24-23(18-22)26(31-15-8-16-32-26)25(30)29(24)21-10-7-9-20(17-21)19-27/h7,9-12,17-18H,3-6,8,13-16H2,1-2H3. The number of anilines is 2. The summed E-state index contributed by atoms with van der Waals surface area (Å²) < 4.78 is 14.5. The first-order valence-corrected chi connectivity index (χ1v) is 12.6. The van der Waals surface area contributed by atoms with Crippen molar-refractivity contribution in [3.05, 3.63) is 53.6 Å². The number of nitriles is 1. The highest BCUT2D eigenvalue weighted by Crippen LogP contribution is 2.49. The quantitative estimate of drug-likeness (QED) is 0.348. The Morgan fingerprint density at radius 2 is 1.91 bits per heavy atom. The largest absolute Gasteiger partial charge is 0.338 e. The third-order valence-electron chi connectivity index (χ3n) is 5.90. The van der Waals surface area contributed by atoms with Gasteiger partial charge >= 0.3 is 0 Å². The molecule has 2 aromatic rings. The van der Waals surface area contributed by atoms with E-state index in [0.29, 0.717) is 24.5 Å². The smallest absolute Gasteiger partial charge is 0.297 e. The second kappa shape index (κ2) is 10.7. The molecule has 0 aliphatic carbocycles. The highest BCUT2D eigenvalue weighted by atomic mass is 32.2. The van der Waals surface area contributed by atoms with E-state index in [2.05, 4.69) is 30.3 Å². The van der Waals surface area contributed by atoms with Crippen molar-refractivity contribution < 1.29 is 14.3 Å². The van der Waals surface area contributed by atoms with Crippen molar-refractivity contribution in [1.29, 1.82) is 5.26 Å². The Morgan fingerprint density at radius 1 is 1.09 bits per heavy atom. The van der Waals surface area contributed by atoms with Crippen LogP contribution in [0.1, 0.15) is 57.1 Å². The Labute approximate surface area is 200 Å². The zero-order valence-electron chi connectivity index (χ0n) is 19.4. The Balaban J connectivity index is 1.70. The molecule has 0 aromatic heterocycles. The van der Waals surface area contributed by atoms with Crippen LogP contribution in [0.15, 0.2) is 47.4 Å². The highest BCUT2D eigenvalue weighted by Gasteiger charge is 2.55. The SMILES string of the molecule is CCCCCN(CCC)Sc1ccc2c(c1)C1(OCCCO1)C(=O)N2c1cccc(C#N)c1. The van der Waals surface area contributed by atoms with Crippen LogP contribution in [0.2, 0.25) is 0 Å². The molecule has 1 fully saturated rings. The van der Waals surface area contributed by atoms with Crippen molar-refractivity contribution in [2.45, 2.75) is 56.6 Å². The monoisotopic (exact) mass is 465 g/mol. The first kappa shape index (κ1) is 23.8. The summed E-state index contributed by atoms with van der Waals surface area (Å²) in [5.74, 6) is -1.69. The predicted molar refractivity (Wildman–Crippen MR) is 130 cm³/mol. The fraction of sp³-hybridized carbons (Fsp3) is 0.462. The van der Waals surface area contributed by atoms with E-state index >= 15 is 0 Å². The fourth-order valence-electron chi connectivity index (χ4n) is 4.32. The zero-order chi connectivity index (χ0) is 23.3. The highest BCUT2D eigenvalue weighted by molar-refractivity contribution is 7.97. The van der Waals surface area contributed by atoms with E-state index in [9.17, 15) is 10.1 Å². The predicted octanol–water partition coefficient (Wildman–Crippen LogP) is 5.74. The molecule has 6 nitrogen and oxygen atoms in total. The molecule has 4 rings (SSSR count). The number of fused-ring (bicyclic) bond motifs is 2. The molecular weight excluding hydrogens is 434 g/mol. The van der Waals surface area contributed by atoms with Gasteiger partial charge in [-0.05, 0) is 67.6 Å². The number of carbonyl (C=O) groups is 1. The fourth-order valence-corrected chi connectivity index (χ4v) is 5.42. The summed E-state index contributed by atoms with van der Waals surface area (Å²) in [6.07, 6.45) is 5.44. The number of amides is 1. The van der Waals surface area contributed by atoms with Crippen LogP contribution in [0.4, 0.5) is 11.4 Å². The molecule has 1 saturated heterocycles. The molecule has 174 valence electrons. The second-order valence-corrected chi connectivity index (χ2v) is 9.55. The third kappa shape index (κ3) is 4.80. The van der Waals surface area contributed by atoms with E-state index in [1.165, 1.54) is 19.3 Å². The number of unbranched alkanes of at least 4 members (excludes halogenated alkanes) is 2. The summed E-state index contributed by atoms with van der Waals surface area (Å²) in [6, 6.07) is 15.3. The Hall–Kier alpha value is -2.37. The molecule has 2 aliphatic rings. The van der Waals surface area contributed by atoms with Gasteiger partial charge in [-0.25, -0.2) is 4.31 Å². The second-order valence-electron chi connectivity index (χ2n) is 8.38. The van der Waals surface area contributed by atoms with Crippen LogP contribution in [-0.4, -0.2) is 36.5 Å². The molecule has 33 heavy (non-hydrogen) atoms.